The fourth-order valence-corrected chi connectivity index (χ4v) is 2.16. The van der Waals surface area contributed by atoms with Crippen LogP contribution >= 0.6 is 0 Å². The van der Waals surface area contributed by atoms with E-state index < -0.39 is 0 Å². The van der Waals surface area contributed by atoms with Gasteiger partial charge in [0.15, 0.2) is 0 Å². The van der Waals surface area contributed by atoms with Crippen LogP contribution in [-0.4, -0.2) is 44.7 Å². The molecule has 0 spiro atoms. The molecule has 118 valence electrons. The van der Waals surface area contributed by atoms with Crippen molar-refractivity contribution in [2.24, 2.45) is 11.7 Å². The van der Waals surface area contributed by atoms with Gasteiger partial charge < -0.3 is 20.1 Å². The van der Waals surface area contributed by atoms with Gasteiger partial charge in [0.25, 0.3) is 0 Å². The number of benzene rings is 1. The number of carbonyl (C=O) groups is 1. The first-order valence-corrected chi connectivity index (χ1v) is 7.25. The summed E-state index contributed by atoms with van der Waals surface area (Å²) in [5.41, 5.74) is 6.69. The minimum atomic E-state index is -0.171. The van der Waals surface area contributed by atoms with E-state index >= 15 is 0 Å². The lowest BCUT2D eigenvalue weighted by Gasteiger charge is -2.20. The first kappa shape index (κ1) is 17.5. The summed E-state index contributed by atoms with van der Waals surface area (Å²) >= 11 is 0. The van der Waals surface area contributed by atoms with Crippen LogP contribution < -0.4 is 10.5 Å². The second-order valence-electron chi connectivity index (χ2n) is 5.20. The molecular weight excluding hydrogens is 268 g/mol. The number of para-hydroxylation sites is 1. The molecule has 0 saturated heterocycles. The second kappa shape index (κ2) is 9.37. The summed E-state index contributed by atoms with van der Waals surface area (Å²) in [6.45, 7) is 4.54. The van der Waals surface area contributed by atoms with E-state index in [4.69, 9.17) is 15.2 Å². The third-order valence-corrected chi connectivity index (χ3v) is 3.32. The van der Waals surface area contributed by atoms with Gasteiger partial charge in [0.2, 0.25) is 0 Å². The first-order chi connectivity index (χ1) is 10.1. The average molecular weight is 294 g/mol. The molecule has 0 bridgehead atoms. The van der Waals surface area contributed by atoms with Crippen molar-refractivity contribution in [3.63, 3.8) is 0 Å². The van der Waals surface area contributed by atoms with Crippen LogP contribution in [0.25, 0.3) is 0 Å². The highest BCUT2D eigenvalue weighted by molar-refractivity contribution is 5.72. The van der Waals surface area contributed by atoms with Gasteiger partial charge in [0.1, 0.15) is 5.75 Å². The number of hydrogen-bond acceptors (Lipinski definition) is 5. The number of nitrogens with two attached hydrogens (primary N) is 1. The number of nitrogens with zero attached hydrogens (tertiary/aromatic N) is 1. The molecule has 0 aromatic heterocycles. The Labute approximate surface area is 127 Å². The zero-order chi connectivity index (χ0) is 15.7. The molecule has 0 amide bonds. The van der Waals surface area contributed by atoms with Gasteiger partial charge in [-0.15, -0.1) is 0 Å². The second-order valence-corrected chi connectivity index (χ2v) is 5.20. The number of hydrogen-bond donors (Lipinski definition) is 1. The number of methoxy groups -OCH3 is 1. The summed E-state index contributed by atoms with van der Waals surface area (Å²) < 4.78 is 10.5. The van der Waals surface area contributed by atoms with Crippen LogP contribution in [0.1, 0.15) is 18.9 Å². The molecule has 2 N–H and O–H groups in total. The summed E-state index contributed by atoms with van der Waals surface area (Å²) in [4.78, 5) is 13.5. The van der Waals surface area contributed by atoms with Gasteiger partial charge >= 0.3 is 5.97 Å². The van der Waals surface area contributed by atoms with Gasteiger partial charge in [-0.3, -0.25) is 4.79 Å². The Bertz CT molecular complexity index is 437. The molecule has 0 aliphatic heterocycles. The van der Waals surface area contributed by atoms with Gasteiger partial charge in [0, 0.05) is 25.2 Å². The first-order valence-electron chi connectivity index (χ1n) is 7.25. The lowest BCUT2D eigenvalue weighted by molar-refractivity contribution is -0.145. The quantitative estimate of drug-likeness (QED) is 0.554. The van der Waals surface area contributed by atoms with E-state index in [0.29, 0.717) is 19.7 Å². The van der Waals surface area contributed by atoms with Crippen LogP contribution in [0.3, 0.4) is 0 Å². The lowest BCUT2D eigenvalue weighted by atomic mass is 10.2. The average Bonchev–Trinajstić information content (AvgIpc) is 2.50. The van der Waals surface area contributed by atoms with Gasteiger partial charge in [-0.1, -0.05) is 25.1 Å². The molecule has 21 heavy (non-hydrogen) atoms. The van der Waals surface area contributed by atoms with Crippen LogP contribution in [0, 0.1) is 5.92 Å². The normalized spacial score (nSPS) is 12.2. The summed E-state index contributed by atoms with van der Waals surface area (Å²) in [6, 6.07) is 7.81. The van der Waals surface area contributed by atoms with E-state index in [1.54, 1.807) is 0 Å². The van der Waals surface area contributed by atoms with Crippen LogP contribution in [0.15, 0.2) is 24.3 Å². The highest BCUT2D eigenvalue weighted by Crippen LogP contribution is 2.17. The van der Waals surface area contributed by atoms with E-state index in [0.717, 1.165) is 24.3 Å². The van der Waals surface area contributed by atoms with Crippen molar-refractivity contribution < 1.29 is 14.3 Å². The van der Waals surface area contributed by atoms with E-state index in [9.17, 15) is 4.79 Å². The SMILES string of the molecule is COC(=O)C(C)CN(C)CCCOc1ccccc1CN. The predicted molar refractivity (Wildman–Crippen MR) is 83.1 cm³/mol. The number of esters is 1. The third kappa shape index (κ3) is 6.14. The smallest absolute Gasteiger partial charge is 0.309 e. The summed E-state index contributed by atoms with van der Waals surface area (Å²) in [5, 5.41) is 0. The van der Waals surface area contributed by atoms with Gasteiger partial charge in [0.05, 0.1) is 19.6 Å². The van der Waals surface area contributed by atoms with E-state index in [2.05, 4.69) is 4.90 Å². The zero-order valence-electron chi connectivity index (χ0n) is 13.2. The van der Waals surface area contributed by atoms with Crippen LogP contribution in [0.5, 0.6) is 5.75 Å². The van der Waals surface area contributed by atoms with Crippen molar-refractivity contribution in [1.82, 2.24) is 4.90 Å². The van der Waals surface area contributed by atoms with Crippen molar-refractivity contribution in [3.05, 3.63) is 29.8 Å². The minimum Gasteiger partial charge on any atom is -0.493 e. The Hall–Kier alpha value is -1.59. The molecule has 0 aliphatic rings. The molecule has 1 aromatic rings. The zero-order valence-corrected chi connectivity index (χ0v) is 13.2. The van der Waals surface area contributed by atoms with Crippen molar-refractivity contribution in [2.75, 3.05) is 33.9 Å². The molecule has 1 unspecified atom stereocenters. The number of rotatable bonds is 9. The Morgan fingerprint density at radius 3 is 2.76 bits per heavy atom. The standard InChI is InChI=1S/C16H26N2O3/c1-13(16(19)20-3)12-18(2)9-6-10-21-15-8-5-4-7-14(15)11-17/h4-5,7-8,13H,6,9-12,17H2,1-3H3. The molecule has 1 atom stereocenters. The Kier molecular flexibility index (Phi) is 7.79. The predicted octanol–water partition coefficient (Wildman–Crippen LogP) is 1.66. The highest BCUT2D eigenvalue weighted by atomic mass is 16.5. The van der Waals surface area contributed by atoms with Crippen molar-refractivity contribution in [3.8, 4) is 5.75 Å². The van der Waals surface area contributed by atoms with Crippen LogP contribution in [-0.2, 0) is 16.1 Å². The van der Waals surface area contributed by atoms with Crippen molar-refractivity contribution >= 4 is 5.97 Å². The fourth-order valence-electron chi connectivity index (χ4n) is 2.16. The molecule has 5 nitrogen and oxygen atoms in total. The van der Waals surface area contributed by atoms with E-state index in [1.165, 1.54) is 7.11 Å². The Morgan fingerprint density at radius 2 is 2.10 bits per heavy atom. The highest BCUT2D eigenvalue weighted by Gasteiger charge is 2.15. The third-order valence-electron chi connectivity index (χ3n) is 3.32. The summed E-state index contributed by atoms with van der Waals surface area (Å²) in [5.74, 6) is 0.569. The molecule has 0 aliphatic carbocycles. The lowest BCUT2D eigenvalue weighted by Crippen LogP contribution is -2.30. The fraction of sp³-hybridized carbons (Fsp3) is 0.562. The van der Waals surface area contributed by atoms with Crippen LogP contribution in [0.4, 0.5) is 0 Å². The van der Waals surface area contributed by atoms with Gasteiger partial charge in [-0.25, -0.2) is 0 Å². The molecular formula is C16H26N2O3. The van der Waals surface area contributed by atoms with Crippen molar-refractivity contribution in [1.29, 1.82) is 0 Å². The monoisotopic (exact) mass is 294 g/mol. The van der Waals surface area contributed by atoms with E-state index in [1.807, 2.05) is 38.2 Å². The van der Waals surface area contributed by atoms with Gasteiger partial charge in [-0.2, -0.15) is 0 Å². The minimum absolute atomic E-state index is 0.112. The van der Waals surface area contributed by atoms with Crippen LogP contribution in [0.2, 0.25) is 0 Å². The largest absolute Gasteiger partial charge is 0.493 e. The van der Waals surface area contributed by atoms with E-state index in [-0.39, 0.29) is 11.9 Å². The molecule has 5 heteroatoms. The molecule has 1 rings (SSSR count). The summed E-state index contributed by atoms with van der Waals surface area (Å²) in [6.07, 6.45) is 0.892. The topological polar surface area (TPSA) is 64.8 Å². The molecule has 0 fully saturated rings. The maximum atomic E-state index is 11.3. The maximum absolute atomic E-state index is 11.3. The Balaban J connectivity index is 2.26. The molecule has 0 heterocycles. The van der Waals surface area contributed by atoms with Gasteiger partial charge in [-0.05, 0) is 19.5 Å². The molecule has 0 radical (unpaired) electrons. The number of carbonyl (C=O) groups excluding carboxylic acids is 1. The maximum Gasteiger partial charge on any atom is 0.309 e. The Morgan fingerprint density at radius 1 is 1.38 bits per heavy atom. The molecule has 0 saturated carbocycles. The summed E-state index contributed by atoms with van der Waals surface area (Å²) in [7, 11) is 3.41. The number of ether oxygens (including phenoxy) is 2. The van der Waals surface area contributed by atoms with Crippen molar-refractivity contribution in [2.45, 2.75) is 19.9 Å². The molecule has 1 aromatic carbocycles.